The molecule has 6 heteroatoms. The summed E-state index contributed by atoms with van der Waals surface area (Å²) in [5.74, 6) is 0.658. The van der Waals surface area contributed by atoms with Crippen LogP contribution in [-0.4, -0.2) is 25.8 Å². The topological polar surface area (TPSA) is 68.3 Å². The highest BCUT2D eigenvalue weighted by molar-refractivity contribution is 7.89. The van der Waals surface area contributed by atoms with E-state index in [4.69, 9.17) is 4.74 Å². The second-order valence-electron chi connectivity index (χ2n) is 6.07. The standard InChI is InChI=1S/C18H24N2O3S/c1-14(2)18(17-6-4-5-11-19-17)20-24(21,22)13-12-23-16-9-7-15(3)8-10-16/h4-11,14,18,20H,12-13H2,1-3H3/t18-/m0/s1. The van der Waals surface area contributed by atoms with E-state index < -0.39 is 10.0 Å². The molecule has 1 aromatic carbocycles. The molecule has 0 amide bonds. The van der Waals surface area contributed by atoms with E-state index in [-0.39, 0.29) is 24.3 Å². The van der Waals surface area contributed by atoms with Gasteiger partial charge in [-0.3, -0.25) is 4.98 Å². The number of pyridine rings is 1. The lowest BCUT2D eigenvalue weighted by atomic mass is 10.0. The fourth-order valence-corrected chi connectivity index (χ4v) is 3.45. The van der Waals surface area contributed by atoms with Gasteiger partial charge in [-0.05, 0) is 37.1 Å². The van der Waals surface area contributed by atoms with E-state index in [0.29, 0.717) is 5.75 Å². The quantitative estimate of drug-likeness (QED) is 0.796. The molecule has 1 aromatic heterocycles. The molecule has 5 nitrogen and oxygen atoms in total. The van der Waals surface area contributed by atoms with Gasteiger partial charge >= 0.3 is 0 Å². The molecule has 130 valence electrons. The zero-order valence-corrected chi connectivity index (χ0v) is 15.1. The molecule has 0 radical (unpaired) electrons. The lowest BCUT2D eigenvalue weighted by molar-refractivity contribution is 0.339. The lowest BCUT2D eigenvalue weighted by Crippen LogP contribution is -2.35. The predicted molar refractivity (Wildman–Crippen MR) is 95.4 cm³/mol. The van der Waals surface area contributed by atoms with Crippen LogP contribution in [0, 0.1) is 12.8 Å². The summed E-state index contributed by atoms with van der Waals surface area (Å²) in [5, 5.41) is 0. The Hall–Kier alpha value is -1.92. The van der Waals surface area contributed by atoms with Gasteiger partial charge in [-0.2, -0.15) is 0 Å². The van der Waals surface area contributed by atoms with Gasteiger partial charge < -0.3 is 4.74 Å². The molecule has 2 aromatic rings. The van der Waals surface area contributed by atoms with Gasteiger partial charge in [-0.1, -0.05) is 37.6 Å². The molecule has 1 heterocycles. The number of ether oxygens (including phenoxy) is 1. The predicted octanol–water partition coefficient (Wildman–Crippen LogP) is 3.09. The number of hydrogen-bond donors (Lipinski definition) is 1. The first kappa shape index (κ1) is 18.4. The molecule has 2 rings (SSSR count). The highest BCUT2D eigenvalue weighted by atomic mass is 32.2. The molecule has 0 spiro atoms. The monoisotopic (exact) mass is 348 g/mol. The molecule has 1 atom stereocenters. The van der Waals surface area contributed by atoms with E-state index in [1.165, 1.54) is 0 Å². The highest BCUT2D eigenvalue weighted by Crippen LogP contribution is 2.20. The Bertz CT molecular complexity index is 729. The number of sulfonamides is 1. The number of rotatable bonds is 8. The highest BCUT2D eigenvalue weighted by Gasteiger charge is 2.23. The average Bonchev–Trinajstić information content (AvgIpc) is 2.55. The van der Waals surface area contributed by atoms with Gasteiger partial charge in [0.15, 0.2) is 0 Å². The number of nitrogens with one attached hydrogen (secondary N) is 1. The van der Waals surface area contributed by atoms with Gasteiger partial charge in [0.05, 0.1) is 17.5 Å². The van der Waals surface area contributed by atoms with Crippen molar-refractivity contribution in [2.45, 2.75) is 26.8 Å². The van der Waals surface area contributed by atoms with Crippen molar-refractivity contribution < 1.29 is 13.2 Å². The first-order valence-electron chi connectivity index (χ1n) is 7.98. The second kappa shape index (κ2) is 8.26. The van der Waals surface area contributed by atoms with Crippen molar-refractivity contribution in [1.82, 2.24) is 9.71 Å². The third-order valence-corrected chi connectivity index (χ3v) is 4.94. The molecule has 1 N–H and O–H groups in total. The fraction of sp³-hybridized carbons (Fsp3) is 0.389. The number of aromatic nitrogens is 1. The third-order valence-electron chi connectivity index (χ3n) is 3.62. The van der Waals surface area contributed by atoms with Gasteiger partial charge in [0.1, 0.15) is 12.4 Å². The van der Waals surface area contributed by atoms with Gasteiger partial charge in [0.2, 0.25) is 10.0 Å². The molecule has 0 saturated heterocycles. The minimum absolute atomic E-state index is 0.0905. The van der Waals surface area contributed by atoms with Crippen molar-refractivity contribution in [2.75, 3.05) is 12.4 Å². The Labute approximate surface area is 144 Å². The van der Waals surface area contributed by atoms with E-state index in [0.717, 1.165) is 11.3 Å². The van der Waals surface area contributed by atoms with E-state index >= 15 is 0 Å². The normalized spacial score (nSPS) is 13.0. The summed E-state index contributed by atoms with van der Waals surface area (Å²) in [5.41, 5.74) is 1.85. The van der Waals surface area contributed by atoms with Crippen LogP contribution in [0.25, 0.3) is 0 Å². The summed E-state index contributed by atoms with van der Waals surface area (Å²) >= 11 is 0. The van der Waals surface area contributed by atoms with Gasteiger partial charge in [0.25, 0.3) is 0 Å². The Morgan fingerprint density at radius 3 is 2.42 bits per heavy atom. The maximum atomic E-state index is 12.3. The van der Waals surface area contributed by atoms with E-state index in [1.807, 2.05) is 63.2 Å². The van der Waals surface area contributed by atoms with Crippen molar-refractivity contribution in [3.63, 3.8) is 0 Å². The molecule has 0 bridgehead atoms. The van der Waals surface area contributed by atoms with Gasteiger partial charge in [-0.25, -0.2) is 13.1 Å². The first-order valence-corrected chi connectivity index (χ1v) is 9.63. The van der Waals surface area contributed by atoms with Crippen LogP contribution >= 0.6 is 0 Å². The number of nitrogens with zero attached hydrogens (tertiary/aromatic N) is 1. The van der Waals surface area contributed by atoms with E-state index in [1.54, 1.807) is 6.20 Å². The van der Waals surface area contributed by atoms with Crippen LogP contribution in [0.15, 0.2) is 48.7 Å². The maximum absolute atomic E-state index is 12.3. The van der Waals surface area contributed by atoms with Crippen molar-refractivity contribution in [3.8, 4) is 5.75 Å². The van der Waals surface area contributed by atoms with Crippen LogP contribution in [0.2, 0.25) is 0 Å². The average molecular weight is 348 g/mol. The third kappa shape index (κ3) is 5.62. The minimum Gasteiger partial charge on any atom is -0.492 e. The smallest absolute Gasteiger partial charge is 0.215 e. The van der Waals surface area contributed by atoms with Crippen molar-refractivity contribution >= 4 is 10.0 Å². The van der Waals surface area contributed by atoms with Crippen molar-refractivity contribution in [2.24, 2.45) is 5.92 Å². The fourth-order valence-electron chi connectivity index (χ4n) is 2.25. The van der Waals surface area contributed by atoms with E-state index in [9.17, 15) is 8.42 Å². The molecule has 0 unspecified atom stereocenters. The number of hydrogen-bond acceptors (Lipinski definition) is 4. The molecular weight excluding hydrogens is 324 g/mol. The lowest BCUT2D eigenvalue weighted by Gasteiger charge is -2.21. The number of benzene rings is 1. The Morgan fingerprint density at radius 2 is 1.83 bits per heavy atom. The van der Waals surface area contributed by atoms with Crippen LogP contribution in [0.5, 0.6) is 5.75 Å². The summed E-state index contributed by atoms with van der Waals surface area (Å²) in [7, 11) is -3.47. The number of aryl methyl sites for hydroxylation is 1. The molecule has 0 aliphatic carbocycles. The zero-order chi connectivity index (χ0) is 17.6. The van der Waals surface area contributed by atoms with Crippen molar-refractivity contribution in [1.29, 1.82) is 0 Å². The van der Waals surface area contributed by atoms with Crippen LogP contribution in [0.3, 0.4) is 0 Å². The summed E-state index contributed by atoms with van der Waals surface area (Å²) in [6.07, 6.45) is 1.67. The molecular formula is C18H24N2O3S. The molecule has 0 saturated carbocycles. The van der Waals surface area contributed by atoms with Crippen LogP contribution in [0.4, 0.5) is 0 Å². The Balaban J connectivity index is 1.95. The Morgan fingerprint density at radius 1 is 1.12 bits per heavy atom. The largest absolute Gasteiger partial charge is 0.492 e. The van der Waals surface area contributed by atoms with Crippen LogP contribution < -0.4 is 9.46 Å². The van der Waals surface area contributed by atoms with Crippen LogP contribution in [0.1, 0.15) is 31.1 Å². The van der Waals surface area contributed by atoms with E-state index in [2.05, 4.69) is 9.71 Å². The van der Waals surface area contributed by atoms with Crippen molar-refractivity contribution in [3.05, 3.63) is 59.9 Å². The summed E-state index contributed by atoms with van der Waals surface area (Å²) in [6.45, 7) is 6.02. The minimum atomic E-state index is -3.47. The SMILES string of the molecule is Cc1ccc(OCCS(=O)(=O)N[C@H](c2ccccn2)C(C)C)cc1. The zero-order valence-electron chi connectivity index (χ0n) is 14.3. The first-order chi connectivity index (χ1) is 11.4. The van der Waals surface area contributed by atoms with Crippen LogP contribution in [-0.2, 0) is 10.0 Å². The Kier molecular flexibility index (Phi) is 6.34. The molecule has 0 fully saturated rings. The maximum Gasteiger partial charge on any atom is 0.215 e. The molecule has 0 aliphatic rings. The van der Waals surface area contributed by atoms with Gasteiger partial charge in [0, 0.05) is 6.20 Å². The summed E-state index contributed by atoms with van der Waals surface area (Å²) in [6, 6.07) is 12.7. The molecule has 0 aliphatic heterocycles. The van der Waals surface area contributed by atoms with Gasteiger partial charge in [-0.15, -0.1) is 0 Å². The second-order valence-corrected chi connectivity index (χ2v) is 7.95. The summed E-state index contributed by atoms with van der Waals surface area (Å²) in [4.78, 5) is 4.26. The summed E-state index contributed by atoms with van der Waals surface area (Å²) < 4.78 is 32.9. The molecule has 24 heavy (non-hydrogen) atoms.